The normalized spacial score (nSPS) is 30.1. The molecule has 0 spiro atoms. The van der Waals surface area contributed by atoms with Crippen LogP contribution in [0.3, 0.4) is 0 Å². The molecular formula is C13H24O2. The van der Waals surface area contributed by atoms with E-state index in [4.69, 9.17) is 9.84 Å². The van der Waals surface area contributed by atoms with Crippen molar-refractivity contribution in [3.63, 3.8) is 0 Å². The van der Waals surface area contributed by atoms with Crippen molar-refractivity contribution < 1.29 is 9.84 Å². The Labute approximate surface area is 93.3 Å². The molecule has 1 saturated carbocycles. The molecule has 1 fully saturated rings. The molecule has 0 radical (unpaired) electrons. The summed E-state index contributed by atoms with van der Waals surface area (Å²) in [6, 6.07) is 0. The van der Waals surface area contributed by atoms with Gasteiger partial charge in [-0.25, -0.2) is 0 Å². The van der Waals surface area contributed by atoms with E-state index in [1.807, 2.05) is 0 Å². The first-order valence-corrected chi connectivity index (χ1v) is 5.84. The molecule has 2 unspecified atom stereocenters. The van der Waals surface area contributed by atoms with Gasteiger partial charge in [-0.1, -0.05) is 26.0 Å². The van der Waals surface area contributed by atoms with Gasteiger partial charge in [0.2, 0.25) is 0 Å². The number of hydrogen-bond acceptors (Lipinski definition) is 2. The van der Waals surface area contributed by atoms with Gasteiger partial charge in [0.05, 0.1) is 19.3 Å². The number of aliphatic hydroxyl groups is 1. The molecule has 1 rings (SSSR count). The number of ether oxygens (including phenoxy) is 1. The van der Waals surface area contributed by atoms with Crippen LogP contribution in [0, 0.1) is 11.3 Å². The Morgan fingerprint density at radius 2 is 2.20 bits per heavy atom. The molecule has 2 atom stereocenters. The topological polar surface area (TPSA) is 29.5 Å². The van der Waals surface area contributed by atoms with Gasteiger partial charge in [0.25, 0.3) is 0 Å². The Balaban J connectivity index is 2.60. The third-order valence-corrected chi connectivity index (χ3v) is 3.39. The maximum absolute atomic E-state index is 8.80. The average molecular weight is 212 g/mol. The zero-order valence-corrected chi connectivity index (χ0v) is 10.3. The van der Waals surface area contributed by atoms with Crippen LogP contribution in [-0.4, -0.2) is 24.4 Å². The van der Waals surface area contributed by atoms with Gasteiger partial charge in [-0.2, -0.15) is 0 Å². The van der Waals surface area contributed by atoms with E-state index in [1.54, 1.807) is 0 Å². The quantitative estimate of drug-likeness (QED) is 0.726. The van der Waals surface area contributed by atoms with Crippen molar-refractivity contribution in [2.24, 2.45) is 11.3 Å². The van der Waals surface area contributed by atoms with Crippen molar-refractivity contribution in [2.45, 2.75) is 46.1 Å². The number of hydrogen-bond donors (Lipinski definition) is 1. The van der Waals surface area contributed by atoms with Gasteiger partial charge in [0.1, 0.15) is 0 Å². The zero-order chi connectivity index (χ0) is 11.5. The number of rotatable bonds is 4. The molecule has 1 aliphatic rings. The first-order valence-electron chi connectivity index (χ1n) is 5.84. The van der Waals surface area contributed by atoms with Crippen molar-refractivity contribution in [2.75, 3.05) is 13.2 Å². The molecule has 88 valence electrons. The maximum Gasteiger partial charge on any atom is 0.0701 e. The third-order valence-electron chi connectivity index (χ3n) is 3.39. The minimum atomic E-state index is 0.111. The van der Waals surface area contributed by atoms with Crippen molar-refractivity contribution in [1.29, 1.82) is 0 Å². The summed E-state index contributed by atoms with van der Waals surface area (Å²) in [5.41, 5.74) is 1.58. The first-order chi connectivity index (χ1) is 6.96. The van der Waals surface area contributed by atoms with Crippen LogP contribution in [0.15, 0.2) is 12.2 Å². The van der Waals surface area contributed by atoms with E-state index in [0.29, 0.717) is 17.9 Å². The van der Waals surface area contributed by atoms with Gasteiger partial charge in [0.15, 0.2) is 0 Å². The highest BCUT2D eigenvalue weighted by Crippen LogP contribution is 2.41. The molecule has 0 aromatic heterocycles. The molecule has 15 heavy (non-hydrogen) atoms. The van der Waals surface area contributed by atoms with Crippen LogP contribution < -0.4 is 0 Å². The lowest BCUT2D eigenvalue weighted by molar-refractivity contribution is -0.0442. The zero-order valence-electron chi connectivity index (χ0n) is 10.3. The summed E-state index contributed by atoms with van der Waals surface area (Å²) < 4.78 is 5.73. The Hall–Kier alpha value is -0.340. The van der Waals surface area contributed by atoms with E-state index in [2.05, 4.69) is 27.4 Å². The summed E-state index contributed by atoms with van der Waals surface area (Å²) in [7, 11) is 0. The lowest BCUT2D eigenvalue weighted by atomic mass is 9.70. The Bertz CT molecular complexity index is 221. The second kappa shape index (κ2) is 5.13. The Morgan fingerprint density at radius 3 is 2.73 bits per heavy atom. The monoisotopic (exact) mass is 212 g/mol. The van der Waals surface area contributed by atoms with Gasteiger partial charge < -0.3 is 9.84 Å². The van der Waals surface area contributed by atoms with E-state index in [1.165, 1.54) is 18.4 Å². The fourth-order valence-electron chi connectivity index (χ4n) is 2.46. The van der Waals surface area contributed by atoms with Crippen molar-refractivity contribution in [3.8, 4) is 0 Å². The van der Waals surface area contributed by atoms with Crippen molar-refractivity contribution >= 4 is 0 Å². The summed E-state index contributed by atoms with van der Waals surface area (Å²) in [5.74, 6) is 0.476. The molecule has 1 N–H and O–H groups in total. The van der Waals surface area contributed by atoms with Crippen LogP contribution in [0.4, 0.5) is 0 Å². The predicted octanol–water partition coefficient (Wildman–Crippen LogP) is 2.77. The van der Waals surface area contributed by atoms with Crippen LogP contribution in [0.25, 0.3) is 0 Å². The molecule has 2 nitrogen and oxygen atoms in total. The highest BCUT2D eigenvalue weighted by Gasteiger charge is 2.35. The molecule has 0 aromatic carbocycles. The second-order valence-electron chi connectivity index (χ2n) is 5.49. The molecule has 0 aliphatic heterocycles. The summed E-state index contributed by atoms with van der Waals surface area (Å²) in [6.07, 6.45) is 3.73. The molecule has 1 aliphatic carbocycles. The molecule has 2 heteroatoms. The van der Waals surface area contributed by atoms with Crippen molar-refractivity contribution in [1.82, 2.24) is 0 Å². The minimum Gasteiger partial charge on any atom is -0.394 e. The molecular weight excluding hydrogens is 188 g/mol. The fraction of sp³-hybridized carbons (Fsp3) is 0.846. The van der Waals surface area contributed by atoms with E-state index in [-0.39, 0.29) is 12.7 Å². The smallest absolute Gasteiger partial charge is 0.0701 e. The molecule has 0 bridgehead atoms. The van der Waals surface area contributed by atoms with Crippen LogP contribution in [0.2, 0.25) is 0 Å². The summed E-state index contributed by atoms with van der Waals surface area (Å²) in [6.45, 7) is 11.3. The molecule has 0 heterocycles. The second-order valence-corrected chi connectivity index (χ2v) is 5.49. The molecule has 0 aromatic rings. The van der Waals surface area contributed by atoms with Crippen LogP contribution >= 0.6 is 0 Å². The van der Waals surface area contributed by atoms with Gasteiger partial charge in [-0.3, -0.25) is 0 Å². The Kier molecular flexibility index (Phi) is 4.35. The Morgan fingerprint density at radius 1 is 1.53 bits per heavy atom. The van der Waals surface area contributed by atoms with E-state index in [9.17, 15) is 0 Å². The number of aliphatic hydroxyl groups excluding tert-OH is 1. The van der Waals surface area contributed by atoms with E-state index in [0.717, 1.165) is 6.42 Å². The first kappa shape index (κ1) is 12.7. The maximum atomic E-state index is 8.80. The highest BCUT2D eigenvalue weighted by molar-refractivity contribution is 5.03. The largest absolute Gasteiger partial charge is 0.394 e. The van der Waals surface area contributed by atoms with Crippen molar-refractivity contribution in [3.05, 3.63) is 12.2 Å². The molecule has 0 amide bonds. The van der Waals surface area contributed by atoms with E-state index < -0.39 is 0 Å². The fourth-order valence-corrected chi connectivity index (χ4v) is 2.46. The lowest BCUT2D eigenvalue weighted by Gasteiger charge is -2.40. The van der Waals surface area contributed by atoms with Gasteiger partial charge in [0, 0.05) is 5.92 Å². The standard InChI is InChI=1S/C13H24O2/c1-10(2)11-5-6-13(3,4)9-12(11)15-8-7-14/h11-12,14H,1,5-9H2,2-4H3. The van der Waals surface area contributed by atoms with Gasteiger partial charge in [-0.15, -0.1) is 0 Å². The van der Waals surface area contributed by atoms with Gasteiger partial charge in [-0.05, 0) is 31.6 Å². The van der Waals surface area contributed by atoms with Gasteiger partial charge >= 0.3 is 0 Å². The summed E-state index contributed by atoms with van der Waals surface area (Å²) >= 11 is 0. The SMILES string of the molecule is C=C(C)C1CCC(C)(C)CC1OCCO. The lowest BCUT2D eigenvalue weighted by Crippen LogP contribution is -2.36. The summed E-state index contributed by atoms with van der Waals surface area (Å²) in [4.78, 5) is 0. The predicted molar refractivity (Wildman–Crippen MR) is 62.8 cm³/mol. The average Bonchev–Trinajstić information content (AvgIpc) is 2.12. The third kappa shape index (κ3) is 3.62. The van der Waals surface area contributed by atoms with E-state index >= 15 is 0 Å². The summed E-state index contributed by atoms with van der Waals surface area (Å²) in [5, 5.41) is 8.80. The van der Waals surface area contributed by atoms with Crippen LogP contribution in [0.5, 0.6) is 0 Å². The van der Waals surface area contributed by atoms with Crippen LogP contribution in [-0.2, 0) is 4.74 Å². The minimum absolute atomic E-state index is 0.111. The molecule has 0 saturated heterocycles. The highest BCUT2D eigenvalue weighted by atomic mass is 16.5. The van der Waals surface area contributed by atoms with Crippen LogP contribution in [0.1, 0.15) is 40.0 Å².